The van der Waals surface area contributed by atoms with Crippen LogP contribution in [0.3, 0.4) is 0 Å². The highest BCUT2D eigenvalue weighted by Crippen LogP contribution is 2.22. The Morgan fingerprint density at radius 2 is 2.31 bits per heavy atom. The molecule has 1 unspecified atom stereocenters. The number of hydrogen-bond donors (Lipinski definition) is 0. The number of carbonyl (C=O) groups excluding carboxylic acids is 1. The number of pyridine rings is 1. The molecular formula is C18H24N4O4. The molecule has 0 spiro atoms. The lowest BCUT2D eigenvalue weighted by Crippen LogP contribution is -2.38. The van der Waals surface area contributed by atoms with E-state index in [1.807, 2.05) is 23.1 Å². The normalized spacial score (nSPS) is 17.0. The molecule has 1 fully saturated rings. The fourth-order valence-corrected chi connectivity index (χ4v) is 3.09. The number of ether oxygens (including phenoxy) is 2. The van der Waals surface area contributed by atoms with E-state index in [-0.39, 0.29) is 18.6 Å². The maximum atomic E-state index is 12.3. The van der Waals surface area contributed by atoms with Gasteiger partial charge in [-0.25, -0.2) is 0 Å². The van der Waals surface area contributed by atoms with E-state index in [1.54, 1.807) is 13.3 Å². The zero-order chi connectivity index (χ0) is 18.2. The molecule has 0 aliphatic carbocycles. The van der Waals surface area contributed by atoms with Gasteiger partial charge in [-0.1, -0.05) is 11.2 Å². The van der Waals surface area contributed by atoms with Gasteiger partial charge >= 0.3 is 0 Å². The molecule has 1 atom stereocenters. The first kappa shape index (κ1) is 18.5. The smallest absolute Gasteiger partial charge is 0.276 e. The number of likely N-dealkylation sites (tertiary alicyclic amines) is 1. The molecule has 0 aromatic carbocycles. The molecule has 1 amide bonds. The van der Waals surface area contributed by atoms with Crippen LogP contribution in [0.1, 0.15) is 25.1 Å². The predicted octanol–water partition coefficient (Wildman–Crippen LogP) is 1.72. The van der Waals surface area contributed by atoms with Crippen LogP contribution in [0, 0.1) is 0 Å². The molecule has 140 valence electrons. The van der Waals surface area contributed by atoms with Crippen LogP contribution in [0.25, 0.3) is 11.6 Å². The standard InChI is InChI=1S/C18H24N4O4/c1-24-11-12-25-13-17(23)22-10-4-5-14(22)7-8-16-20-18(26-21-16)15-6-2-3-9-19-15/h2-3,6,9,14H,4-5,7-8,10-13H2,1H3. The summed E-state index contributed by atoms with van der Waals surface area (Å²) in [6.07, 6.45) is 5.17. The molecule has 1 aliphatic heterocycles. The molecule has 3 rings (SSSR count). The lowest BCUT2D eigenvalue weighted by atomic mass is 10.1. The lowest BCUT2D eigenvalue weighted by molar-refractivity contribution is -0.137. The van der Waals surface area contributed by atoms with Crippen LogP contribution < -0.4 is 0 Å². The first-order valence-corrected chi connectivity index (χ1v) is 8.88. The summed E-state index contributed by atoms with van der Waals surface area (Å²) in [5.74, 6) is 1.10. The number of carbonyl (C=O) groups is 1. The Bertz CT molecular complexity index is 692. The maximum absolute atomic E-state index is 12.3. The molecule has 2 aromatic rings. The SMILES string of the molecule is COCCOCC(=O)N1CCCC1CCc1noc(-c2ccccn2)n1. The Balaban J connectivity index is 1.49. The van der Waals surface area contributed by atoms with Crippen molar-refractivity contribution < 1.29 is 18.8 Å². The van der Waals surface area contributed by atoms with Gasteiger partial charge in [0, 0.05) is 32.3 Å². The Kier molecular flexibility index (Phi) is 6.68. The van der Waals surface area contributed by atoms with Gasteiger partial charge in [0.1, 0.15) is 12.3 Å². The molecule has 0 saturated carbocycles. The van der Waals surface area contributed by atoms with Crippen molar-refractivity contribution in [3.8, 4) is 11.6 Å². The third-order valence-corrected chi connectivity index (χ3v) is 4.41. The number of methoxy groups -OCH3 is 1. The van der Waals surface area contributed by atoms with Crippen LogP contribution in [-0.4, -0.2) is 65.4 Å². The van der Waals surface area contributed by atoms with Crippen LogP contribution in [0.5, 0.6) is 0 Å². The second-order valence-corrected chi connectivity index (χ2v) is 6.20. The van der Waals surface area contributed by atoms with Crippen LogP contribution in [0.15, 0.2) is 28.9 Å². The molecule has 3 heterocycles. The van der Waals surface area contributed by atoms with Crippen molar-refractivity contribution in [1.82, 2.24) is 20.0 Å². The average molecular weight is 360 g/mol. The van der Waals surface area contributed by atoms with E-state index in [4.69, 9.17) is 14.0 Å². The Morgan fingerprint density at radius 3 is 3.12 bits per heavy atom. The summed E-state index contributed by atoms with van der Waals surface area (Å²) in [7, 11) is 1.61. The van der Waals surface area contributed by atoms with Gasteiger partial charge in [-0.05, 0) is 31.4 Å². The highest BCUT2D eigenvalue weighted by atomic mass is 16.5. The number of hydrogen-bond acceptors (Lipinski definition) is 7. The van der Waals surface area contributed by atoms with Crippen LogP contribution in [0.2, 0.25) is 0 Å². The molecule has 26 heavy (non-hydrogen) atoms. The summed E-state index contributed by atoms with van der Waals surface area (Å²) in [6.45, 7) is 1.81. The predicted molar refractivity (Wildman–Crippen MR) is 93.3 cm³/mol. The fourth-order valence-electron chi connectivity index (χ4n) is 3.09. The van der Waals surface area contributed by atoms with Gasteiger partial charge in [0.15, 0.2) is 5.82 Å². The average Bonchev–Trinajstić information content (AvgIpc) is 3.33. The largest absolute Gasteiger partial charge is 0.382 e. The first-order valence-electron chi connectivity index (χ1n) is 8.88. The van der Waals surface area contributed by atoms with E-state index < -0.39 is 0 Å². The third-order valence-electron chi connectivity index (χ3n) is 4.41. The molecular weight excluding hydrogens is 336 g/mol. The van der Waals surface area contributed by atoms with E-state index in [2.05, 4.69) is 15.1 Å². The van der Waals surface area contributed by atoms with Crippen molar-refractivity contribution in [3.05, 3.63) is 30.2 Å². The van der Waals surface area contributed by atoms with Gasteiger partial charge in [0.2, 0.25) is 5.91 Å². The van der Waals surface area contributed by atoms with E-state index >= 15 is 0 Å². The molecule has 0 radical (unpaired) electrons. The van der Waals surface area contributed by atoms with Gasteiger partial charge in [-0.3, -0.25) is 9.78 Å². The molecule has 0 N–H and O–H groups in total. The van der Waals surface area contributed by atoms with Crippen molar-refractivity contribution in [2.24, 2.45) is 0 Å². The minimum atomic E-state index is 0.0332. The van der Waals surface area contributed by atoms with Crippen molar-refractivity contribution >= 4 is 5.91 Å². The van der Waals surface area contributed by atoms with Crippen molar-refractivity contribution in [2.45, 2.75) is 31.7 Å². The quantitative estimate of drug-likeness (QED) is 0.629. The number of aromatic nitrogens is 3. The van der Waals surface area contributed by atoms with Crippen molar-refractivity contribution in [3.63, 3.8) is 0 Å². The van der Waals surface area contributed by atoms with Crippen LogP contribution in [0.4, 0.5) is 0 Å². The van der Waals surface area contributed by atoms with Gasteiger partial charge < -0.3 is 18.9 Å². The molecule has 1 aliphatic rings. The van der Waals surface area contributed by atoms with E-state index in [9.17, 15) is 4.79 Å². The number of rotatable bonds is 9. The summed E-state index contributed by atoms with van der Waals surface area (Å²) in [5.41, 5.74) is 0.664. The summed E-state index contributed by atoms with van der Waals surface area (Å²) in [4.78, 5) is 22.8. The highest BCUT2D eigenvalue weighted by molar-refractivity contribution is 5.78. The second-order valence-electron chi connectivity index (χ2n) is 6.20. The Morgan fingerprint density at radius 1 is 1.38 bits per heavy atom. The fraction of sp³-hybridized carbons (Fsp3) is 0.556. The van der Waals surface area contributed by atoms with E-state index in [0.29, 0.717) is 37.0 Å². The minimum Gasteiger partial charge on any atom is -0.382 e. The Hall–Kier alpha value is -2.32. The van der Waals surface area contributed by atoms with Gasteiger partial charge in [0.05, 0.1) is 13.2 Å². The second kappa shape index (κ2) is 9.40. The summed E-state index contributed by atoms with van der Waals surface area (Å²) in [5, 5.41) is 4.03. The third kappa shape index (κ3) is 4.86. The number of amides is 1. The minimum absolute atomic E-state index is 0.0332. The molecule has 2 aromatic heterocycles. The van der Waals surface area contributed by atoms with Crippen molar-refractivity contribution in [2.75, 3.05) is 33.5 Å². The zero-order valence-corrected chi connectivity index (χ0v) is 15.0. The Labute approximate surface area is 152 Å². The maximum Gasteiger partial charge on any atom is 0.276 e. The van der Waals surface area contributed by atoms with Crippen molar-refractivity contribution in [1.29, 1.82) is 0 Å². The lowest BCUT2D eigenvalue weighted by Gasteiger charge is -2.24. The monoisotopic (exact) mass is 360 g/mol. The van der Waals surface area contributed by atoms with E-state index in [0.717, 1.165) is 25.8 Å². The summed E-state index contributed by atoms with van der Waals surface area (Å²) >= 11 is 0. The summed E-state index contributed by atoms with van der Waals surface area (Å²) < 4.78 is 15.5. The highest BCUT2D eigenvalue weighted by Gasteiger charge is 2.28. The molecule has 1 saturated heterocycles. The topological polar surface area (TPSA) is 90.6 Å². The first-order chi connectivity index (χ1) is 12.8. The summed E-state index contributed by atoms with van der Waals surface area (Å²) in [6, 6.07) is 5.75. The van der Waals surface area contributed by atoms with Gasteiger partial charge in [0.25, 0.3) is 5.89 Å². The van der Waals surface area contributed by atoms with Gasteiger partial charge in [-0.15, -0.1) is 0 Å². The molecule has 0 bridgehead atoms. The van der Waals surface area contributed by atoms with Crippen LogP contribution >= 0.6 is 0 Å². The van der Waals surface area contributed by atoms with Gasteiger partial charge in [-0.2, -0.15) is 4.98 Å². The molecule has 8 nitrogen and oxygen atoms in total. The zero-order valence-electron chi connectivity index (χ0n) is 15.0. The van der Waals surface area contributed by atoms with E-state index in [1.165, 1.54) is 0 Å². The number of aryl methyl sites for hydroxylation is 1. The van der Waals surface area contributed by atoms with Crippen LogP contribution in [-0.2, 0) is 20.7 Å². The number of nitrogens with zero attached hydrogens (tertiary/aromatic N) is 4. The molecule has 8 heteroatoms.